The van der Waals surface area contributed by atoms with Gasteiger partial charge in [0, 0.05) is 31.1 Å². The normalized spacial score (nSPS) is 12.1. The molecule has 0 aliphatic carbocycles. The third-order valence-electron chi connectivity index (χ3n) is 3.31. The fourth-order valence-corrected chi connectivity index (χ4v) is 2.91. The zero-order chi connectivity index (χ0) is 16.8. The van der Waals surface area contributed by atoms with E-state index in [1.54, 1.807) is 0 Å². The molecule has 0 radical (unpaired) electrons. The largest absolute Gasteiger partial charge is 0.328 e. The molecule has 124 valence electrons. The second kappa shape index (κ2) is 7.82. The molecule has 0 unspecified atom stereocenters. The first kappa shape index (κ1) is 17.1. The summed E-state index contributed by atoms with van der Waals surface area (Å²) in [6.07, 6.45) is 3.56. The Bertz CT molecular complexity index is 779. The number of hydrogen-bond acceptors (Lipinski definition) is 6. The molecular formula is C14H19N5O3S. The quantitative estimate of drug-likeness (QED) is 0.792. The van der Waals surface area contributed by atoms with Crippen LogP contribution in [0.5, 0.6) is 0 Å². The molecule has 8 nitrogen and oxygen atoms in total. The highest BCUT2D eigenvalue weighted by Gasteiger charge is 2.13. The van der Waals surface area contributed by atoms with Gasteiger partial charge in [-0.15, -0.1) is 10.2 Å². The summed E-state index contributed by atoms with van der Waals surface area (Å²) in [6.45, 7) is 4.37. The molecule has 0 saturated heterocycles. The maximum Gasteiger partial charge on any atom is 0.328 e. The lowest BCUT2D eigenvalue weighted by Gasteiger charge is -2.04. The fraction of sp³-hybridized carbons (Fsp3) is 0.500. The van der Waals surface area contributed by atoms with Crippen LogP contribution in [-0.4, -0.2) is 25.7 Å². The third kappa shape index (κ3) is 4.85. The molecule has 2 N–H and O–H groups in total. The van der Waals surface area contributed by atoms with Gasteiger partial charge in [-0.1, -0.05) is 31.6 Å². The van der Waals surface area contributed by atoms with Crippen molar-refractivity contribution in [1.29, 1.82) is 0 Å². The van der Waals surface area contributed by atoms with Gasteiger partial charge in [-0.05, 0) is 6.42 Å². The summed E-state index contributed by atoms with van der Waals surface area (Å²) in [4.78, 5) is 36.5. The molecule has 0 aliphatic rings. The van der Waals surface area contributed by atoms with E-state index in [2.05, 4.69) is 34.3 Å². The number of aromatic amines is 1. The van der Waals surface area contributed by atoms with Crippen molar-refractivity contribution in [2.24, 2.45) is 0 Å². The van der Waals surface area contributed by atoms with Crippen LogP contribution in [0.1, 0.15) is 44.0 Å². The standard InChI is InChI=1S/C14H19N5O3S/c1-3-4-9(2)12-17-18-13(23-12)15-10(20)5-7-19-8-6-11(21)16-14(19)22/h6,8-9H,3-5,7H2,1-2H3,(H,15,18,20)(H,16,21,22)/t9-/m1/s1. The minimum absolute atomic E-state index is 0.103. The van der Waals surface area contributed by atoms with Crippen molar-refractivity contribution in [2.75, 3.05) is 5.32 Å². The Morgan fingerprint density at radius 2 is 2.22 bits per heavy atom. The van der Waals surface area contributed by atoms with Gasteiger partial charge in [-0.3, -0.25) is 14.6 Å². The number of anilines is 1. The summed E-state index contributed by atoms with van der Waals surface area (Å²) >= 11 is 1.37. The average molecular weight is 337 g/mol. The topological polar surface area (TPSA) is 110 Å². The first-order valence-electron chi connectivity index (χ1n) is 7.42. The number of hydrogen-bond donors (Lipinski definition) is 2. The molecule has 0 fully saturated rings. The van der Waals surface area contributed by atoms with Crippen molar-refractivity contribution >= 4 is 22.4 Å². The summed E-state index contributed by atoms with van der Waals surface area (Å²) in [7, 11) is 0. The van der Waals surface area contributed by atoms with E-state index in [4.69, 9.17) is 0 Å². The Hall–Kier alpha value is -2.29. The smallest absolute Gasteiger partial charge is 0.300 e. The highest BCUT2D eigenvalue weighted by Crippen LogP contribution is 2.26. The minimum atomic E-state index is -0.531. The molecule has 23 heavy (non-hydrogen) atoms. The number of nitrogens with zero attached hydrogens (tertiary/aromatic N) is 3. The van der Waals surface area contributed by atoms with E-state index >= 15 is 0 Å². The number of H-pyrrole nitrogens is 1. The van der Waals surface area contributed by atoms with Crippen LogP contribution in [0.25, 0.3) is 0 Å². The maximum absolute atomic E-state index is 11.9. The Labute approximate surface area is 136 Å². The second-order valence-electron chi connectivity index (χ2n) is 5.24. The van der Waals surface area contributed by atoms with Crippen LogP contribution in [0.2, 0.25) is 0 Å². The van der Waals surface area contributed by atoms with Gasteiger partial charge < -0.3 is 9.88 Å². The molecular weight excluding hydrogens is 318 g/mol. The van der Waals surface area contributed by atoms with E-state index < -0.39 is 11.2 Å². The summed E-state index contributed by atoms with van der Waals surface area (Å²) in [5, 5.41) is 12.1. The number of aromatic nitrogens is 4. The van der Waals surface area contributed by atoms with E-state index in [1.807, 2.05) is 0 Å². The van der Waals surface area contributed by atoms with Crippen molar-refractivity contribution in [3.63, 3.8) is 0 Å². The Morgan fingerprint density at radius 1 is 1.43 bits per heavy atom. The zero-order valence-corrected chi connectivity index (χ0v) is 13.9. The lowest BCUT2D eigenvalue weighted by molar-refractivity contribution is -0.116. The predicted octanol–water partition coefficient (Wildman–Crippen LogP) is 1.32. The first-order chi connectivity index (χ1) is 11.0. The summed E-state index contributed by atoms with van der Waals surface area (Å²) in [5.74, 6) is 0.0665. The molecule has 1 atom stereocenters. The van der Waals surface area contributed by atoms with Gasteiger partial charge in [0.15, 0.2) is 0 Å². The molecule has 0 aromatic carbocycles. The highest BCUT2D eigenvalue weighted by molar-refractivity contribution is 7.15. The van der Waals surface area contributed by atoms with Crippen LogP contribution in [0.3, 0.4) is 0 Å². The highest BCUT2D eigenvalue weighted by atomic mass is 32.1. The second-order valence-corrected chi connectivity index (χ2v) is 6.25. The molecule has 2 aromatic rings. The van der Waals surface area contributed by atoms with E-state index in [-0.39, 0.29) is 18.9 Å². The van der Waals surface area contributed by atoms with Gasteiger partial charge in [0.05, 0.1) is 0 Å². The number of nitrogens with one attached hydrogen (secondary N) is 2. The predicted molar refractivity (Wildman–Crippen MR) is 87.8 cm³/mol. The van der Waals surface area contributed by atoms with Crippen molar-refractivity contribution in [2.45, 2.75) is 45.6 Å². The van der Waals surface area contributed by atoms with E-state index in [9.17, 15) is 14.4 Å². The van der Waals surface area contributed by atoms with Gasteiger partial charge in [0.25, 0.3) is 5.56 Å². The number of carbonyl (C=O) groups excluding carboxylic acids is 1. The molecule has 2 rings (SSSR count). The molecule has 2 aromatic heterocycles. The van der Waals surface area contributed by atoms with Crippen LogP contribution in [0, 0.1) is 0 Å². The average Bonchev–Trinajstić information content (AvgIpc) is 2.95. The zero-order valence-electron chi connectivity index (χ0n) is 13.0. The summed E-state index contributed by atoms with van der Waals surface area (Å²) < 4.78 is 1.27. The monoisotopic (exact) mass is 337 g/mol. The van der Waals surface area contributed by atoms with Crippen molar-refractivity contribution in [1.82, 2.24) is 19.7 Å². The van der Waals surface area contributed by atoms with E-state index in [1.165, 1.54) is 28.2 Å². The molecule has 0 saturated carbocycles. The summed E-state index contributed by atoms with van der Waals surface area (Å²) in [6, 6.07) is 1.24. The molecule has 9 heteroatoms. The van der Waals surface area contributed by atoms with Gasteiger partial charge in [-0.2, -0.15) is 0 Å². The van der Waals surface area contributed by atoms with E-state index in [0.717, 1.165) is 17.8 Å². The van der Waals surface area contributed by atoms with Gasteiger partial charge in [0.2, 0.25) is 11.0 Å². The van der Waals surface area contributed by atoms with E-state index in [0.29, 0.717) is 11.0 Å². The van der Waals surface area contributed by atoms with Crippen molar-refractivity contribution in [3.05, 3.63) is 38.1 Å². The third-order valence-corrected chi connectivity index (χ3v) is 4.38. The number of aryl methyl sites for hydroxylation is 1. The molecule has 1 amide bonds. The fourth-order valence-electron chi connectivity index (χ4n) is 2.06. The van der Waals surface area contributed by atoms with Crippen molar-refractivity contribution in [3.8, 4) is 0 Å². The first-order valence-corrected chi connectivity index (χ1v) is 8.24. The minimum Gasteiger partial charge on any atom is -0.300 e. The van der Waals surface area contributed by atoms with Gasteiger partial charge in [-0.25, -0.2) is 4.79 Å². The van der Waals surface area contributed by atoms with Crippen molar-refractivity contribution < 1.29 is 4.79 Å². The number of rotatable bonds is 7. The Balaban J connectivity index is 1.90. The Kier molecular flexibility index (Phi) is 5.80. The van der Waals surface area contributed by atoms with Crippen LogP contribution in [0.15, 0.2) is 21.9 Å². The summed E-state index contributed by atoms with van der Waals surface area (Å²) in [5.41, 5.74) is -0.991. The van der Waals surface area contributed by atoms with Gasteiger partial charge >= 0.3 is 5.69 Å². The lowest BCUT2D eigenvalue weighted by atomic mass is 10.1. The maximum atomic E-state index is 11.9. The van der Waals surface area contributed by atoms with Crippen LogP contribution in [-0.2, 0) is 11.3 Å². The van der Waals surface area contributed by atoms with Crippen LogP contribution < -0.4 is 16.6 Å². The lowest BCUT2D eigenvalue weighted by Crippen LogP contribution is -2.29. The molecule has 0 spiro atoms. The SMILES string of the molecule is CCC[C@@H](C)c1nnc(NC(=O)CCn2ccc(=O)[nH]c2=O)s1. The number of carbonyl (C=O) groups is 1. The van der Waals surface area contributed by atoms with Gasteiger partial charge in [0.1, 0.15) is 5.01 Å². The number of amides is 1. The molecule has 0 bridgehead atoms. The molecule has 0 aliphatic heterocycles. The molecule has 2 heterocycles. The Morgan fingerprint density at radius 3 is 2.91 bits per heavy atom. The van der Waals surface area contributed by atoms with Crippen LogP contribution in [0.4, 0.5) is 5.13 Å². The van der Waals surface area contributed by atoms with Crippen LogP contribution >= 0.6 is 11.3 Å².